The summed E-state index contributed by atoms with van der Waals surface area (Å²) in [5.41, 5.74) is -1.66. The molecule has 0 aromatic heterocycles. The third kappa shape index (κ3) is 2.19. The van der Waals surface area contributed by atoms with Crippen LogP contribution in [-0.4, -0.2) is 50.1 Å². The number of Topliss-reactive ketones (excluding diaryl/α,β-unsaturated/α-hetero) is 1. The van der Waals surface area contributed by atoms with Crippen LogP contribution in [0.15, 0.2) is 6.07 Å². The Hall–Kier alpha value is -1.83. The highest BCUT2D eigenvalue weighted by molar-refractivity contribution is 6.04. The van der Waals surface area contributed by atoms with E-state index in [2.05, 4.69) is 0 Å². The molecule has 0 spiro atoms. The molecule has 0 heterocycles. The van der Waals surface area contributed by atoms with Gasteiger partial charge in [0.1, 0.15) is 5.75 Å². The number of hydrogen-bond donors (Lipinski definition) is 5. The Bertz CT molecular complexity index is 667. The summed E-state index contributed by atoms with van der Waals surface area (Å²) in [4.78, 5) is 12.7. The molecule has 2 aliphatic rings. The molecule has 7 heteroatoms. The van der Waals surface area contributed by atoms with Crippen molar-refractivity contribution in [3.63, 3.8) is 0 Å². The smallest absolute Gasteiger partial charge is 0.170 e. The van der Waals surface area contributed by atoms with Crippen LogP contribution >= 0.6 is 0 Å². The van der Waals surface area contributed by atoms with Crippen LogP contribution in [0.4, 0.5) is 0 Å². The number of rotatable bonds is 1. The van der Waals surface area contributed by atoms with E-state index in [9.17, 15) is 30.3 Å². The van der Waals surface area contributed by atoms with Gasteiger partial charge in [-0.15, -0.1) is 0 Å². The lowest BCUT2D eigenvalue weighted by Crippen LogP contribution is -2.52. The molecule has 1 aromatic rings. The highest BCUT2D eigenvalue weighted by atomic mass is 16.5. The summed E-state index contributed by atoms with van der Waals surface area (Å²) < 4.78 is 4.95. The molecule has 0 unspecified atom stereocenters. The molecule has 1 fully saturated rings. The van der Waals surface area contributed by atoms with E-state index in [1.165, 1.54) is 14.0 Å². The lowest BCUT2D eigenvalue weighted by molar-refractivity contribution is -0.131. The van der Waals surface area contributed by atoms with Gasteiger partial charge in [0.2, 0.25) is 0 Å². The maximum absolute atomic E-state index is 12.7. The molecule has 0 aliphatic heterocycles. The van der Waals surface area contributed by atoms with Crippen LogP contribution in [-0.2, 0) is 0 Å². The number of methoxy groups -OCH3 is 1. The van der Waals surface area contributed by atoms with Gasteiger partial charge >= 0.3 is 0 Å². The second kappa shape index (κ2) is 5.09. The molecule has 0 radical (unpaired) electrons. The lowest BCUT2D eigenvalue weighted by Gasteiger charge is -2.46. The predicted octanol–water partition coefficient (Wildman–Crippen LogP) is 0.474. The summed E-state index contributed by atoms with van der Waals surface area (Å²) in [5, 5.41) is 51.3. The third-order valence-corrected chi connectivity index (χ3v) is 5.15. The predicted molar refractivity (Wildman–Crippen MR) is 78.5 cm³/mol. The molecule has 23 heavy (non-hydrogen) atoms. The van der Waals surface area contributed by atoms with E-state index >= 15 is 0 Å². The molecule has 2 aliphatic carbocycles. The number of carbonyl (C=O) groups is 1. The van der Waals surface area contributed by atoms with Crippen LogP contribution in [0.1, 0.15) is 41.8 Å². The Morgan fingerprint density at radius 2 is 1.96 bits per heavy atom. The molecule has 1 aromatic carbocycles. The average molecular weight is 324 g/mol. The number of hydrogen-bond acceptors (Lipinski definition) is 7. The molecule has 1 saturated carbocycles. The summed E-state index contributed by atoms with van der Waals surface area (Å²) in [7, 11) is 1.29. The topological polar surface area (TPSA) is 127 Å². The number of phenols is 2. The van der Waals surface area contributed by atoms with Gasteiger partial charge in [-0.2, -0.15) is 0 Å². The van der Waals surface area contributed by atoms with Crippen LogP contribution in [0.5, 0.6) is 17.2 Å². The third-order valence-electron chi connectivity index (χ3n) is 5.15. The lowest BCUT2D eigenvalue weighted by atomic mass is 9.62. The second-order valence-corrected chi connectivity index (χ2v) is 6.63. The van der Waals surface area contributed by atoms with Gasteiger partial charge in [-0.05, 0) is 19.8 Å². The monoisotopic (exact) mass is 324 g/mol. The largest absolute Gasteiger partial charge is 0.507 e. The zero-order valence-corrected chi connectivity index (χ0v) is 12.9. The van der Waals surface area contributed by atoms with E-state index in [-0.39, 0.29) is 35.5 Å². The van der Waals surface area contributed by atoms with E-state index in [4.69, 9.17) is 4.74 Å². The van der Waals surface area contributed by atoms with Crippen molar-refractivity contribution >= 4 is 5.78 Å². The number of aliphatic hydroxyl groups is 3. The maximum atomic E-state index is 12.7. The number of ketones is 1. The highest BCUT2D eigenvalue weighted by Crippen LogP contribution is 2.54. The Labute approximate surface area is 132 Å². The molecule has 126 valence electrons. The van der Waals surface area contributed by atoms with Gasteiger partial charge in [-0.25, -0.2) is 0 Å². The Morgan fingerprint density at radius 3 is 2.57 bits per heavy atom. The van der Waals surface area contributed by atoms with E-state index in [1.807, 2.05) is 0 Å². The molecule has 0 amide bonds. The van der Waals surface area contributed by atoms with E-state index in [0.29, 0.717) is 0 Å². The van der Waals surface area contributed by atoms with Gasteiger partial charge < -0.3 is 30.3 Å². The number of aliphatic hydroxyl groups excluding tert-OH is 2. The molecular formula is C16H20O7. The van der Waals surface area contributed by atoms with Crippen molar-refractivity contribution in [2.75, 3.05) is 7.11 Å². The highest BCUT2D eigenvalue weighted by Gasteiger charge is 2.53. The van der Waals surface area contributed by atoms with Crippen molar-refractivity contribution in [3.8, 4) is 17.2 Å². The Balaban J connectivity index is 2.17. The Morgan fingerprint density at radius 1 is 1.30 bits per heavy atom. The first kappa shape index (κ1) is 16.0. The van der Waals surface area contributed by atoms with Gasteiger partial charge in [0.05, 0.1) is 30.5 Å². The molecule has 0 bridgehead atoms. The molecule has 5 atom stereocenters. The summed E-state index contributed by atoms with van der Waals surface area (Å²) in [6.45, 7) is 1.45. The van der Waals surface area contributed by atoms with Gasteiger partial charge in [0, 0.05) is 23.5 Å². The number of benzene rings is 1. The molecule has 7 nitrogen and oxygen atoms in total. The minimum absolute atomic E-state index is 0.00257. The number of aromatic hydroxyl groups is 2. The van der Waals surface area contributed by atoms with Crippen LogP contribution in [0.2, 0.25) is 0 Å². The number of phenolic OH excluding ortho intramolecular Hbond substituents is 2. The fraction of sp³-hybridized carbons (Fsp3) is 0.562. The van der Waals surface area contributed by atoms with E-state index < -0.39 is 41.2 Å². The SMILES string of the molecule is COc1cc(O)c2c(c1O)[C@@H](O)[C@@H]1C[C@](C)(O)[C@H](O)C[C@H]1C2=O. The van der Waals surface area contributed by atoms with Crippen molar-refractivity contribution in [2.24, 2.45) is 11.8 Å². The number of ether oxygens (including phenoxy) is 1. The van der Waals surface area contributed by atoms with Gasteiger partial charge in [0.25, 0.3) is 0 Å². The zero-order chi connectivity index (χ0) is 17.1. The summed E-state index contributed by atoms with van der Waals surface area (Å²) >= 11 is 0. The standard InChI is InChI=1S/C16H20O7/c1-16(22)5-7-6(3-10(16)18)13(19)11-8(17)4-9(23-2)15(21)12(11)14(7)20/h4,6-7,10,14,17-18,20-22H,3,5H2,1-2H3/t6-,7-,10-,14+,16+/m1/s1. The van der Waals surface area contributed by atoms with Crippen LogP contribution < -0.4 is 4.74 Å². The molecule has 5 N–H and O–H groups in total. The van der Waals surface area contributed by atoms with E-state index in [0.717, 1.165) is 6.07 Å². The minimum Gasteiger partial charge on any atom is -0.507 e. The van der Waals surface area contributed by atoms with Crippen molar-refractivity contribution < 1.29 is 35.1 Å². The fourth-order valence-electron chi connectivity index (χ4n) is 3.81. The first-order valence-corrected chi connectivity index (χ1v) is 7.44. The molecule has 3 rings (SSSR count). The van der Waals surface area contributed by atoms with Gasteiger partial charge in [-0.1, -0.05) is 0 Å². The maximum Gasteiger partial charge on any atom is 0.170 e. The zero-order valence-electron chi connectivity index (χ0n) is 12.9. The summed E-state index contributed by atoms with van der Waals surface area (Å²) in [6.07, 6.45) is -2.37. The van der Waals surface area contributed by atoms with Crippen LogP contribution in [0.25, 0.3) is 0 Å². The Kier molecular flexibility index (Phi) is 3.55. The second-order valence-electron chi connectivity index (χ2n) is 6.63. The van der Waals surface area contributed by atoms with Crippen molar-refractivity contribution in [1.29, 1.82) is 0 Å². The number of carbonyl (C=O) groups excluding carboxylic acids is 1. The van der Waals surface area contributed by atoms with Crippen molar-refractivity contribution in [3.05, 3.63) is 17.2 Å². The molecular weight excluding hydrogens is 304 g/mol. The fourth-order valence-corrected chi connectivity index (χ4v) is 3.81. The normalized spacial score (nSPS) is 36.3. The first-order chi connectivity index (χ1) is 10.7. The number of fused-ring (bicyclic) bond motifs is 2. The van der Waals surface area contributed by atoms with Gasteiger partial charge in [-0.3, -0.25) is 4.79 Å². The van der Waals surface area contributed by atoms with Crippen LogP contribution in [0, 0.1) is 11.8 Å². The van der Waals surface area contributed by atoms with Crippen LogP contribution in [0.3, 0.4) is 0 Å². The first-order valence-electron chi connectivity index (χ1n) is 7.44. The molecule has 0 saturated heterocycles. The summed E-state index contributed by atoms with van der Waals surface area (Å²) in [6, 6.07) is 1.12. The minimum atomic E-state index is -1.43. The van der Waals surface area contributed by atoms with Crippen molar-refractivity contribution in [2.45, 2.75) is 37.6 Å². The van der Waals surface area contributed by atoms with Crippen molar-refractivity contribution in [1.82, 2.24) is 0 Å². The van der Waals surface area contributed by atoms with Gasteiger partial charge in [0.15, 0.2) is 17.3 Å². The average Bonchev–Trinajstić information content (AvgIpc) is 2.48. The quantitative estimate of drug-likeness (QED) is 0.475. The van der Waals surface area contributed by atoms with E-state index in [1.54, 1.807) is 0 Å². The summed E-state index contributed by atoms with van der Waals surface area (Å²) in [5.74, 6) is -2.68.